The third-order valence-corrected chi connectivity index (χ3v) is 5.22. The van der Waals surface area contributed by atoms with Gasteiger partial charge in [0.05, 0.1) is 5.57 Å². The molecule has 1 amide bonds. The number of benzene rings is 3. The molecule has 1 N–H and O–H groups in total. The van der Waals surface area contributed by atoms with Crippen LogP contribution in [0.15, 0.2) is 72.4 Å². The Bertz CT molecular complexity index is 1240. The van der Waals surface area contributed by atoms with E-state index < -0.39 is 5.41 Å². The molecule has 0 heterocycles. The number of hydrogen-bond donors (Lipinski definition) is 1. The van der Waals surface area contributed by atoms with Gasteiger partial charge in [-0.2, -0.15) is 5.26 Å². The van der Waals surface area contributed by atoms with Crippen molar-refractivity contribution in [3.05, 3.63) is 99.7 Å². The minimum absolute atomic E-state index is 0.311. The van der Waals surface area contributed by atoms with Crippen LogP contribution in [0.5, 0.6) is 11.5 Å². The lowest BCUT2D eigenvalue weighted by atomic mass is 9.86. The maximum Gasteiger partial charge on any atom is 0.255 e. The summed E-state index contributed by atoms with van der Waals surface area (Å²) in [5, 5.41) is 13.6. The van der Waals surface area contributed by atoms with Gasteiger partial charge in [0.2, 0.25) is 0 Å². The summed E-state index contributed by atoms with van der Waals surface area (Å²) < 4.78 is 5.86. The number of nitrogens with zero attached hydrogens (tertiary/aromatic N) is 1. The Labute approximate surface area is 200 Å². The number of ether oxygens (including phenoxy) is 1. The highest BCUT2D eigenvalue weighted by molar-refractivity contribution is 6.30. The molecule has 0 bridgehead atoms. The topological polar surface area (TPSA) is 62.1 Å². The van der Waals surface area contributed by atoms with Gasteiger partial charge in [-0.25, -0.2) is 0 Å². The van der Waals surface area contributed by atoms with Crippen LogP contribution in [-0.4, -0.2) is 5.91 Å². The highest BCUT2D eigenvalue weighted by Gasteiger charge is 2.25. The normalized spacial score (nSPS) is 11.9. The van der Waals surface area contributed by atoms with Gasteiger partial charge in [-0.3, -0.25) is 4.79 Å². The van der Waals surface area contributed by atoms with Crippen molar-refractivity contribution in [3.8, 4) is 17.6 Å². The van der Waals surface area contributed by atoms with Crippen molar-refractivity contribution in [3.63, 3.8) is 0 Å². The second-order valence-electron chi connectivity index (χ2n) is 9.03. The highest BCUT2D eigenvalue weighted by atomic mass is 35.5. The zero-order valence-corrected chi connectivity index (χ0v) is 20.2. The van der Waals surface area contributed by atoms with E-state index in [-0.39, 0.29) is 5.91 Å². The van der Waals surface area contributed by atoms with Gasteiger partial charge < -0.3 is 10.1 Å². The fraction of sp³-hybridized carbons (Fsp3) is 0.214. The summed E-state index contributed by atoms with van der Waals surface area (Å²) in [6.45, 7) is 9.91. The van der Waals surface area contributed by atoms with E-state index in [1.165, 1.54) is 0 Å². The van der Waals surface area contributed by atoms with Gasteiger partial charge in [0.25, 0.3) is 5.91 Å². The third kappa shape index (κ3) is 6.25. The fourth-order valence-electron chi connectivity index (χ4n) is 3.56. The molecule has 3 rings (SSSR count). The summed E-state index contributed by atoms with van der Waals surface area (Å²) in [5.74, 6) is 0.784. The van der Waals surface area contributed by atoms with Crippen LogP contribution in [0.3, 0.4) is 0 Å². The van der Waals surface area contributed by atoms with Crippen molar-refractivity contribution in [1.29, 1.82) is 5.26 Å². The number of aryl methyl sites for hydroxylation is 2. The Hall–Kier alpha value is -3.55. The lowest BCUT2D eigenvalue weighted by molar-refractivity contribution is 0.0957. The Morgan fingerprint density at radius 1 is 0.909 bits per heavy atom. The first-order chi connectivity index (χ1) is 15.6. The van der Waals surface area contributed by atoms with Crippen molar-refractivity contribution >= 4 is 23.1 Å². The number of halogens is 1. The van der Waals surface area contributed by atoms with Crippen LogP contribution < -0.4 is 10.1 Å². The summed E-state index contributed by atoms with van der Waals surface area (Å²) >= 11 is 6.03. The summed E-state index contributed by atoms with van der Waals surface area (Å²) in [6, 6.07) is 22.3. The molecule has 0 fully saturated rings. The molecule has 0 aliphatic heterocycles. The summed E-state index contributed by atoms with van der Waals surface area (Å²) in [4.78, 5) is 13.2. The number of allylic oxidation sites excluding steroid dienone is 2. The first kappa shape index (κ1) is 24.1. The van der Waals surface area contributed by atoms with E-state index in [4.69, 9.17) is 16.3 Å². The quantitative estimate of drug-likeness (QED) is 0.403. The predicted molar refractivity (Wildman–Crippen MR) is 133 cm³/mol. The van der Waals surface area contributed by atoms with E-state index in [0.29, 0.717) is 33.4 Å². The molecular weight excluding hydrogens is 432 g/mol. The Morgan fingerprint density at radius 3 is 2.09 bits per heavy atom. The highest BCUT2D eigenvalue weighted by Crippen LogP contribution is 2.32. The van der Waals surface area contributed by atoms with Gasteiger partial charge in [0, 0.05) is 21.7 Å². The Kier molecular flexibility index (Phi) is 7.26. The standard InChI is InChI=1S/C28H27ClN2O2/c1-18-12-19(2)14-21(13-18)25(17-30)26(28(3,4)5)31-27(32)20-8-6-10-23(15-20)33-24-11-7-9-22(29)16-24/h6-16H,1-5H3,(H,31,32). The van der Waals surface area contributed by atoms with Gasteiger partial charge in [0.15, 0.2) is 0 Å². The van der Waals surface area contributed by atoms with Gasteiger partial charge in [-0.05, 0) is 55.8 Å². The first-order valence-electron chi connectivity index (χ1n) is 10.6. The average molecular weight is 459 g/mol. The van der Waals surface area contributed by atoms with Crippen molar-refractivity contribution in [1.82, 2.24) is 5.32 Å². The Balaban J connectivity index is 1.95. The van der Waals surface area contributed by atoms with Crippen molar-refractivity contribution in [2.24, 2.45) is 5.41 Å². The average Bonchev–Trinajstić information content (AvgIpc) is 2.72. The van der Waals surface area contributed by atoms with Crippen molar-refractivity contribution < 1.29 is 9.53 Å². The Morgan fingerprint density at radius 2 is 1.52 bits per heavy atom. The number of carbonyl (C=O) groups excluding carboxylic acids is 1. The molecule has 0 saturated heterocycles. The number of hydrogen-bond acceptors (Lipinski definition) is 3. The molecule has 0 aromatic heterocycles. The molecular formula is C28H27ClN2O2. The van der Waals surface area contributed by atoms with E-state index in [2.05, 4.69) is 17.5 Å². The lowest BCUT2D eigenvalue weighted by Gasteiger charge is -2.26. The van der Waals surface area contributed by atoms with E-state index in [1.54, 1.807) is 48.5 Å². The molecule has 0 aliphatic carbocycles. The van der Waals surface area contributed by atoms with E-state index in [0.717, 1.165) is 16.7 Å². The maximum absolute atomic E-state index is 13.2. The van der Waals surface area contributed by atoms with Crippen LogP contribution in [0, 0.1) is 30.6 Å². The van der Waals surface area contributed by atoms with Gasteiger partial charge in [-0.15, -0.1) is 0 Å². The molecule has 0 spiro atoms. The van der Waals surface area contributed by atoms with Crippen molar-refractivity contribution in [2.45, 2.75) is 34.6 Å². The van der Waals surface area contributed by atoms with Crippen LogP contribution >= 0.6 is 11.6 Å². The van der Waals surface area contributed by atoms with E-state index in [1.807, 2.05) is 46.8 Å². The molecule has 0 radical (unpaired) electrons. The van der Waals surface area contributed by atoms with Crippen LogP contribution in [0.25, 0.3) is 5.57 Å². The molecule has 33 heavy (non-hydrogen) atoms. The van der Waals surface area contributed by atoms with Crippen LogP contribution in [0.1, 0.15) is 47.8 Å². The van der Waals surface area contributed by atoms with E-state index >= 15 is 0 Å². The number of rotatable bonds is 5. The van der Waals surface area contributed by atoms with Gasteiger partial charge in [-0.1, -0.05) is 73.8 Å². The fourth-order valence-corrected chi connectivity index (χ4v) is 3.74. The zero-order chi connectivity index (χ0) is 24.2. The SMILES string of the molecule is Cc1cc(C)cc(C(C#N)=C(NC(=O)c2cccc(Oc3cccc(Cl)c3)c2)C(C)(C)C)c1. The largest absolute Gasteiger partial charge is 0.457 e. The number of nitriles is 1. The third-order valence-electron chi connectivity index (χ3n) is 4.99. The zero-order valence-electron chi connectivity index (χ0n) is 19.5. The van der Waals surface area contributed by atoms with Gasteiger partial charge >= 0.3 is 0 Å². The number of amides is 1. The molecule has 0 saturated carbocycles. The second-order valence-corrected chi connectivity index (χ2v) is 9.47. The number of nitrogens with one attached hydrogen (secondary N) is 1. The summed E-state index contributed by atoms with van der Waals surface area (Å²) in [5.41, 5.74) is 3.89. The molecule has 0 atom stereocenters. The minimum atomic E-state index is -0.465. The molecule has 0 aliphatic rings. The van der Waals surface area contributed by atoms with Gasteiger partial charge in [0.1, 0.15) is 17.6 Å². The second kappa shape index (κ2) is 9.94. The molecule has 0 unspecified atom stereocenters. The lowest BCUT2D eigenvalue weighted by Crippen LogP contribution is -2.31. The van der Waals surface area contributed by atoms with Crippen LogP contribution in [-0.2, 0) is 0 Å². The molecule has 3 aromatic rings. The molecule has 4 nitrogen and oxygen atoms in total. The van der Waals surface area contributed by atoms with Crippen LogP contribution in [0.4, 0.5) is 0 Å². The van der Waals surface area contributed by atoms with Crippen LogP contribution in [0.2, 0.25) is 5.02 Å². The molecule has 168 valence electrons. The predicted octanol–water partition coefficient (Wildman–Crippen LogP) is 7.46. The summed E-state index contributed by atoms with van der Waals surface area (Å²) in [6.07, 6.45) is 0. The van der Waals surface area contributed by atoms with Crippen molar-refractivity contribution in [2.75, 3.05) is 0 Å². The molecule has 3 aromatic carbocycles. The minimum Gasteiger partial charge on any atom is -0.457 e. The smallest absolute Gasteiger partial charge is 0.255 e. The maximum atomic E-state index is 13.2. The number of carbonyl (C=O) groups is 1. The van der Waals surface area contributed by atoms with E-state index in [9.17, 15) is 10.1 Å². The first-order valence-corrected chi connectivity index (χ1v) is 11.0. The monoisotopic (exact) mass is 458 g/mol. The summed E-state index contributed by atoms with van der Waals surface area (Å²) in [7, 11) is 0. The molecule has 5 heteroatoms.